The van der Waals surface area contributed by atoms with Crippen molar-refractivity contribution in [3.8, 4) is 12.3 Å². The Morgan fingerprint density at radius 3 is 2.73 bits per heavy atom. The molecule has 1 aliphatic carbocycles. The highest BCUT2D eigenvalue weighted by Crippen LogP contribution is 2.47. The molecule has 0 amide bonds. The lowest BCUT2D eigenvalue weighted by molar-refractivity contribution is -0.120. The molecule has 1 aliphatic rings. The molecule has 136 valence electrons. The topological polar surface area (TPSA) is 53.3 Å². The van der Waals surface area contributed by atoms with Crippen LogP contribution in [0.3, 0.4) is 0 Å². The highest BCUT2D eigenvalue weighted by Gasteiger charge is 2.38. The van der Waals surface area contributed by atoms with Crippen molar-refractivity contribution in [1.82, 2.24) is 0 Å². The molecule has 0 radical (unpaired) electrons. The van der Waals surface area contributed by atoms with E-state index < -0.39 is 5.82 Å². The van der Waals surface area contributed by atoms with E-state index in [0.717, 1.165) is 6.21 Å². The van der Waals surface area contributed by atoms with Crippen molar-refractivity contribution in [2.75, 3.05) is 0 Å². The van der Waals surface area contributed by atoms with Crippen LogP contribution in [0, 0.1) is 41.8 Å². The van der Waals surface area contributed by atoms with Gasteiger partial charge in [-0.3, -0.25) is 4.79 Å². The van der Waals surface area contributed by atoms with Crippen LogP contribution in [0.25, 0.3) is 0 Å². The van der Waals surface area contributed by atoms with E-state index in [4.69, 9.17) is 11.8 Å². The van der Waals surface area contributed by atoms with E-state index in [0.29, 0.717) is 35.7 Å². The quantitative estimate of drug-likeness (QED) is 0.509. The Hall–Kier alpha value is -2.54. The van der Waals surface area contributed by atoms with Gasteiger partial charge >= 0.3 is 0 Å². The van der Waals surface area contributed by atoms with Gasteiger partial charge in [-0.05, 0) is 54.9 Å². The Morgan fingerprint density at radius 2 is 2.15 bits per heavy atom. The summed E-state index contributed by atoms with van der Waals surface area (Å²) in [5.74, 6) is 2.88. The van der Waals surface area contributed by atoms with Gasteiger partial charge in [0.1, 0.15) is 17.3 Å². The summed E-state index contributed by atoms with van der Waals surface area (Å²) >= 11 is 0. The van der Waals surface area contributed by atoms with Gasteiger partial charge in [0.25, 0.3) is 0 Å². The van der Waals surface area contributed by atoms with Crippen LogP contribution in [-0.2, 0) is 4.79 Å². The molecule has 3 nitrogen and oxygen atoms in total. The number of terminal acetylenes is 1. The summed E-state index contributed by atoms with van der Waals surface area (Å²) in [6.45, 7) is 6.00. The first-order valence-corrected chi connectivity index (χ1v) is 8.81. The van der Waals surface area contributed by atoms with Gasteiger partial charge in [0, 0.05) is 24.6 Å². The van der Waals surface area contributed by atoms with Crippen LogP contribution < -0.4 is 0 Å². The van der Waals surface area contributed by atoms with Crippen LogP contribution in [0.2, 0.25) is 0 Å². The third-order valence-electron chi connectivity index (χ3n) is 4.92. The van der Waals surface area contributed by atoms with E-state index in [1.807, 2.05) is 0 Å². The number of carbonyl (C=O) groups excluding carboxylic acids is 1. The first-order valence-electron chi connectivity index (χ1n) is 8.81. The number of Topliss-reactive ketones (excluding diaryl/α,β-unsaturated/α-hetero) is 1. The van der Waals surface area contributed by atoms with Crippen molar-refractivity contribution in [2.24, 2.45) is 16.3 Å². The second kappa shape index (κ2) is 8.23. The number of hydrogen-bond acceptors (Lipinski definition) is 3. The fraction of sp³-hybridized carbons (Fsp3) is 0.409. The summed E-state index contributed by atoms with van der Waals surface area (Å²) < 4.78 is 13.6. The molecule has 0 atom stereocenters. The van der Waals surface area contributed by atoms with E-state index in [2.05, 4.69) is 24.8 Å². The molecule has 1 saturated carbocycles. The average molecular weight is 352 g/mol. The Bertz CT molecular complexity index is 808. The van der Waals surface area contributed by atoms with Crippen LogP contribution in [-0.4, -0.2) is 17.7 Å². The number of aliphatic imine (C=N–C) groups is 1. The first-order chi connectivity index (χ1) is 12.3. The normalized spacial score (nSPS) is 15.1. The van der Waals surface area contributed by atoms with Crippen LogP contribution in [0.15, 0.2) is 29.3 Å². The van der Waals surface area contributed by atoms with Gasteiger partial charge in [-0.2, -0.15) is 0 Å². The average Bonchev–Trinajstić information content (AvgIpc) is 3.41. The number of benzene rings is 1. The molecule has 26 heavy (non-hydrogen) atoms. The number of hydrogen-bond donors (Lipinski definition) is 1. The monoisotopic (exact) mass is 352 g/mol. The molecule has 0 aromatic heterocycles. The molecule has 0 unspecified atom stereocenters. The summed E-state index contributed by atoms with van der Waals surface area (Å²) in [6.07, 6.45) is 13.2. The van der Waals surface area contributed by atoms with Gasteiger partial charge in [-0.1, -0.05) is 25.8 Å². The first kappa shape index (κ1) is 19.8. The van der Waals surface area contributed by atoms with Gasteiger partial charge in [0.15, 0.2) is 0 Å². The third kappa shape index (κ3) is 4.98. The van der Waals surface area contributed by atoms with Crippen molar-refractivity contribution >= 4 is 23.4 Å². The van der Waals surface area contributed by atoms with E-state index >= 15 is 0 Å². The molecule has 1 N–H and O–H groups in total. The lowest BCUT2D eigenvalue weighted by Gasteiger charge is -2.22. The minimum absolute atomic E-state index is 0.0718. The summed E-state index contributed by atoms with van der Waals surface area (Å²) in [6, 6.07) is 2.81. The lowest BCUT2D eigenvalue weighted by atomic mass is 9.82. The predicted molar refractivity (Wildman–Crippen MR) is 105 cm³/mol. The fourth-order valence-corrected chi connectivity index (χ4v) is 3.12. The number of allylic oxidation sites excluding steroid dienone is 2. The number of halogens is 1. The summed E-state index contributed by atoms with van der Waals surface area (Å²) in [4.78, 5) is 16.5. The Morgan fingerprint density at radius 1 is 1.46 bits per heavy atom. The highest BCUT2D eigenvalue weighted by atomic mass is 19.1. The molecule has 1 fully saturated rings. The predicted octanol–water partition coefficient (Wildman–Crippen LogP) is 5.18. The van der Waals surface area contributed by atoms with Gasteiger partial charge < -0.3 is 5.41 Å². The van der Waals surface area contributed by atoms with Crippen molar-refractivity contribution in [3.63, 3.8) is 0 Å². The SMILES string of the molecule is C#CC(/C=C/CC(=O)CC(C)(C)C1CC1)=Nc1ccc(F)c(C=N)c1C. The maximum absolute atomic E-state index is 13.6. The Labute approximate surface area is 154 Å². The molecule has 0 heterocycles. The van der Waals surface area contributed by atoms with Gasteiger partial charge in [0.2, 0.25) is 0 Å². The van der Waals surface area contributed by atoms with Crippen LogP contribution in [0.4, 0.5) is 10.1 Å². The molecule has 1 aromatic carbocycles. The lowest BCUT2D eigenvalue weighted by Crippen LogP contribution is -2.18. The zero-order valence-corrected chi connectivity index (χ0v) is 15.6. The van der Waals surface area contributed by atoms with Crippen LogP contribution >= 0.6 is 0 Å². The molecule has 0 saturated heterocycles. The Kier molecular flexibility index (Phi) is 6.26. The molecule has 0 bridgehead atoms. The summed E-state index contributed by atoms with van der Waals surface area (Å²) in [5.41, 5.74) is 1.71. The second-order valence-corrected chi connectivity index (χ2v) is 7.48. The maximum atomic E-state index is 13.6. The van der Waals surface area contributed by atoms with Crippen molar-refractivity contribution in [3.05, 3.63) is 41.2 Å². The molecule has 4 heteroatoms. The zero-order chi connectivity index (χ0) is 19.3. The largest absolute Gasteiger partial charge is 0.308 e. The smallest absolute Gasteiger partial charge is 0.137 e. The van der Waals surface area contributed by atoms with E-state index in [1.165, 1.54) is 25.0 Å². The third-order valence-corrected chi connectivity index (χ3v) is 4.92. The number of nitrogens with zero attached hydrogens (tertiary/aromatic N) is 1. The fourth-order valence-electron chi connectivity index (χ4n) is 3.12. The summed E-state index contributed by atoms with van der Waals surface area (Å²) in [7, 11) is 0. The number of rotatable bonds is 8. The highest BCUT2D eigenvalue weighted by molar-refractivity contribution is 6.10. The van der Waals surface area contributed by atoms with Crippen molar-refractivity contribution in [1.29, 1.82) is 5.41 Å². The van der Waals surface area contributed by atoms with Crippen molar-refractivity contribution < 1.29 is 9.18 Å². The number of carbonyl (C=O) groups is 1. The van der Waals surface area contributed by atoms with E-state index in [1.54, 1.807) is 19.1 Å². The summed E-state index contributed by atoms with van der Waals surface area (Å²) in [5, 5.41) is 7.31. The number of nitrogens with one attached hydrogen (secondary N) is 1. The zero-order valence-electron chi connectivity index (χ0n) is 15.6. The van der Waals surface area contributed by atoms with E-state index in [-0.39, 0.29) is 16.8 Å². The van der Waals surface area contributed by atoms with Crippen LogP contribution in [0.5, 0.6) is 0 Å². The van der Waals surface area contributed by atoms with Gasteiger partial charge in [-0.15, -0.1) is 6.42 Å². The second-order valence-electron chi connectivity index (χ2n) is 7.48. The molecular weight excluding hydrogens is 327 g/mol. The van der Waals surface area contributed by atoms with E-state index in [9.17, 15) is 9.18 Å². The standard InChI is InChI=1S/C22H25FN2O/c1-5-17(25-21-12-11-20(23)19(14-24)15(21)2)7-6-8-18(26)13-22(3,4)16-9-10-16/h1,6-7,11-12,14,16,24H,8-10,13H2,2-4H3/b7-6+,24-14?,25-17?. The molecule has 2 rings (SSSR count). The van der Waals surface area contributed by atoms with Gasteiger partial charge in [0.05, 0.1) is 5.69 Å². The number of ketones is 1. The molecular formula is C22H25FN2O. The van der Waals surface area contributed by atoms with Crippen molar-refractivity contribution in [2.45, 2.75) is 46.5 Å². The molecule has 0 aliphatic heterocycles. The Balaban J connectivity index is 2.06. The van der Waals surface area contributed by atoms with Crippen LogP contribution in [0.1, 0.15) is 50.7 Å². The molecule has 1 aromatic rings. The molecule has 0 spiro atoms. The maximum Gasteiger partial charge on any atom is 0.137 e. The van der Waals surface area contributed by atoms with Gasteiger partial charge in [-0.25, -0.2) is 9.38 Å². The minimum atomic E-state index is -0.460. The minimum Gasteiger partial charge on any atom is -0.308 e.